The van der Waals surface area contributed by atoms with Crippen LogP contribution < -0.4 is 0 Å². The third-order valence-corrected chi connectivity index (χ3v) is 2.32. The smallest absolute Gasteiger partial charge is 0.288 e. The van der Waals surface area contributed by atoms with Crippen LogP contribution >= 0.6 is 0 Å². The zero-order chi connectivity index (χ0) is 12.3. The second-order valence-corrected chi connectivity index (χ2v) is 3.43. The van der Waals surface area contributed by atoms with E-state index >= 15 is 0 Å². The molecule has 0 unspecified atom stereocenters. The normalized spacial score (nSPS) is 10.5. The van der Waals surface area contributed by atoms with Gasteiger partial charge in [0.2, 0.25) is 5.78 Å². The zero-order valence-electron chi connectivity index (χ0n) is 8.81. The molecule has 0 aliphatic rings. The fourth-order valence-corrected chi connectivity index (χ4v) is 1.55. The summed E-state index contributed by atoms with van der Waals surface area (Å²) in [5.41, 5.74) is 0.893. The molecule has 1 aromatic heterocycles. The van der Waals surface area contributed by atoms with Crippen LogP contribution in [0.15, 0.2) is 48.7 Å². The first kappa shape index (κ1) is 11.4. The van der Waals surface area contributed by atoms with Gasteiger partial charge in [-0.25, -0.2) is 8.78 Å². The fourth-order valence-electron chi connectivity index (χ4n) is 1.55. The van der Waals surface area contributed by atoms with Crippen LogP contribution in [0.5, 0.6) is 0 Å². The van der Waals surface area contributed by atoms with Crippen molar-refractivity contribution in [1.82, 2.24) is 4.98 Å². The maximum Gasteiger partial charge on any atom is 0.300 e. The van der Waals surface area contributed by atoms with E-state index in [1.54, 1.807) is 30.3 Å². The first-order valence-corrected chi connectivity index (χ1v) is 5.03. The highest BCUT2D eigenvalue weighted by Gasteiger charge is 2.21. The third kappa shape index (κ3) is 2.36. The molecule has 0 aliphatic carbocycles. The van der Waals surface area contributed by atoms with Crippen LogP contribution in [0, 0.1) is 0 Å². The van der Waals surface area contributed by atoms with Gasteiger partial charge in [0.05, 0.1) is 5.69 Å². The van der Waals surface area contributed by atoms with Gasteiger partial charge in [-0.05, 0) is 12.1 Å². The summed E-state index contributed by atoms with van der Waals surface area (Å²) in [4.78, 5) is 15.3. The number of pyridine rings is 1. The van der Waals surface area contributed by atoms with Crippen LogP contribution in [0.1, 0.15) is 10.4 Å². The fraction of sp³-hybridized carbons (Fsp3) is 0.0769. The third-order valence-electron chi connectivity index (χ3n) is 2.32. The van der Waals surface area contributed by atoms with E-state index in [0.717, 1.165) is 0 Å². The van der Waals surface area contributed by atoms with Crippen molar-refractivity contribution in [2.45, 2.75) is 6.43 Å². The molecule has 4 heteroatoms. The summed E-state index contributed by atoms with van der Waals surface area (Å²) in [5, 5.41) is 0. The molecule has 1 heterocycles. The van der Waals surface area contributed by atoms with Crippen LogP contribution in [-0.4, -0.2) is 17.2 Å². The van der Waals surface area contributed by atoms with E-state index in [1.165, 1.54) is 18.3 Å². The highest BCUT2D eigenvalue weighted by Crippen LogP contribution is 2.22. The lowest BCUT2D eigenvalue weighted by Crippen LogP contribution is -2.12. The van der Waals surface area contributed by atoms with Gasteiger partial charge in [-0.2, -0.15) is 0 Å². The molecule has 0 bridgehead atoms. The van der Waals surface area contributed by atoms with Crippen LogP contribution in [0.25, 0.3) is 11.3 Å². The predicted octanol–water partition coefficient (Wildman–Crippen LogP) is 3.20. The Kier molecular flexibility index (Phi) is 3.23. The number of ketones is 1. The molecule has 2 aromatic rings. The van der Waals surface area contributed by atoms with Crippen molar-refractivity contribution in [1.29, 1.82) is 0 Å². The Labute approximate surface area is 96.9 Å². The van der Waals surface area contributed by atoms with Crippen molar-refractivity contribution in [3.63, 3.8) is 0 Å². The van der Waals surface area contributed by atoms with Gasteiger partial charge in [0.25, 0.3) is 0 Å². The maximum absolute atomic E-state index is 12.4. The molecule has 0 aliphatic heterocycles. The molecular weight excluding hydrogens is 224 g/mol. The summed E-state index contributed by atoms with van der Waals surface area (Å²) in [6.45, 7) is 0. The topological polar surface area (TPSA) is 30.0 Å². The van der Waals surface area contributed by atoms with Crippen molar-refractivity contribution in [3.05, 3.63) is 54.2 Å². The maximum atomic E-state index is 12.4. The number of rotatable bonds is 3. The number of aromatic nitrogens is 1. The molecule has 1 aromatic carbocycles. The highest BCUT2D eigenvalue weighted by molar-refractivity contribution is 6.03. The summed E-state index contributed by atoms with van der Waals surface area (Å²) in [6, 6.07) is 11.6. The number of hydrogen-bond donors (Lipinski definition) is 0. The number of halogens is 2. The quantitative estimate of drug-likeness (QED) is 0.762. The van der Waals surface area contributed by atoms with E-state index in [-0.39, 0.29) is 5.56 Å². The van der Waals surface area contributed by atoms with Crippen molar-refractivity contribution in [3.8, 4) is 11.3 Å². The standard InChI is InChI=1S/C13H9F2NO/c14-13(15)12(17)10-7-4-8-16-11(10)9-5-2-1-3-6-9/h1-8,13H. The van der Waals surface area contributed by atoms with E-state index < -0.39 is 12.2 Å². The summed E-state index contributed by atoms with van der Waals surface area (Å²) in [7, 11) is 0. The molecule has 17 heavy (non-hydrogen) atoms. The zero-order valence-corrected chi connectivity index (χ0v) is 8.81. The minimum Gasteiger partial charge on any atom is -0.288 e. The van der Waals surface area contributed by atoms with Gasteiger partial charge in [0.15, 0.2) is 0 Å². The van der Waals surface area contributed by atoms with Crippen molar-refractivity contribution < 1.29 is 13.6 Å². The molecule has 0 atom stereocenters. The van der Waals surface area contributed by atoms with E-state index in [0.29, 0.717) is 11.3 Å². The van der Waals surface area contributed by atoms with Gasteiger partial charge in [-0.3, -0.25) is 9.78 Å². The van der Waals surface area contributed by atoms with Crippen molar-refractivity contribution in [2.24, 2.45) is 0 Å². The average molecular weight is 233 g/mol. The Morgan fingerprint density at radius 1 is 1.06 bits per heavy atom. The van der Waals surface area contributed by atoms with Crippen molar-refractivity contribution >= 4 is 5.78 Å². The molecule has 0 saturated carbocycles. The molecule has 2 nitrogen and oxygen atoms in total. The molecule has 2 rings (SSSR count). The number of nitrogens with zero attached hydrogens (tertiary/aromatic N) is 1. The first-order chi connectivity index (χ1) is 8.20. The lowest BCUT2D eigenvalue weighted by Gasteiger charge is -2.06. The van der Waals surface area contributed by atoms with Crippen LogP contribution in [0.3, 0.4) is 0 Å². The molecule has 86 valence electrons. The monoisotopic (exact) mass is 233 g/mol. The number of alkyl halides is 2. The second-order valence-electron chi connectivity index (χ2n) is 3.43. The van der Waals surface area contributed by atoms with Gasteiger partial charge in [0.1, 0.15) is 0 Å². The summed E-state index contributed by atoms with van der Waals surface area (Å²) >= 11 is 0. The molecule has 0 amide bonds. The molecule has 0 spiro atoms. The van der Waals surface area contributed by atoms with Crippen LogP contribution in [0.2, 0.25) is 0 Å². The first-order valence-electron chi connectivity index (χ1n) is 5.03. The number of hydrogen-bond acceptors (Lipinski definition) is 2. The number of benzene rings is 1. The van der Waals surface area contributed by atoms with Gasteiger partial charge in [-0.15, -0.1) is 0 Å². The van der Waals surface area contributed by atoms with Gasteiger partial charge < -0.3 is 0 Å². The highest BCUT2D eigenvalue weighted by atomic mass is 19.3. The minimum atomic E-state index is -3.01. The SMILES string of the molecule is O=C(c1cccnc1-c1ccccc1)C(F)F. The Hall–Kier alpha value is -2.10. The lowest BCUT2D eigenvalue weighted by atomic mass is 10.0. The van der Waals surface area contributed by atoms with E-state index in [4.69, 9.17) is 0 Å². The number of Topliss-reactive ketones (excluding diaryl/α,β-unsaturated/α-hetero) is 1. The molecule has 0 fully saturated rings. The Balaban J connectivity index is 2.52. The molecule has 0 saturated heterocycles. The van der Waals surface area contributed by atoms with E-state index in [1.807, 2.05) is 0 Å². The van der Waals surface area contributed by atoms with Crippen LogP contribution in [-0.2, 0) is 0 Å². The summed E-state index contributed by atoms with van der Waals surface area (Å²) < 4.78 is 24.9. The Morgan fingerprint density at radius 2 is 1.76 bits per heavy atom. The second kappa shape index (κ2) is 4.82. The molecule has 0 radical (unpaired) electrons. The van der Waals surface area contributed by atoms with Crippen LogP contribution in [0.4, 0.5) is 8.78 Å². The Bertz CT molecular complexity index is 526. The van der Waals surface area contributed by atoms with E-state index in [9.17, 15) is 13.6 Å². The average Bonchev–Trinajstić information content (AvgIpc) is 2.39. The van der Waals surface area contributed by atoms with Gasteiger partial charge in [0, 0.05) is 17.3 Å². The number of carbonyl (C=O) groups excluding carboxylic acids is 1. The van der Waals surface area contributed by atoms with E-state index in [2.05, 4.69) is 4.98 Å². The molecule has 0 N–H and O–H groups in total. The largest absolute Gasteiger partial charge is 0.300 e. The van der Waals surface area contributed by atoms with Gasteiger partial charge >= 0.3 is 6.43 Å². The summed E-state index contributed by atoms with van der Waals surface area (Å²) in [6.07, 6.45) is -1.54. The lowest BCUT2D eigenvalue weighted by molar-refractivity contribution is 0.0679. The molecular formula is C13H9F2NO. The summed E-state index contributed by atoms with van der Waals surface area (Å²) in [5.74, 6) is -1.20. The minimum absolute atomic E-state index is 0.0475. The number of carbonyl (C=O) groups is 1. The van der Waals surface area contributed by atoms with Crippen molar-refractivity contribution in [2.75, 3.05) is 0 Å². The predicted molar refractivity (Wildman–Crippen MR) is 60.0 cm³/mol. The van der Waals surface area contributed by atoms with Gasteiger partial charge in [-0.1, -0.05) is 30.3 Å². The Morgan fingerprint density at radius 3 is 2.41 bits per heavy atom.